The number of hydrogen-bond acceptors (Lipinski definition) is 4. The first-order valence-corrected chi connectivity index (χ1v) is 13.5. The standard InChI is InChI=1S/C31H32N6O2/c1-20-27(34-21(2)29(20)31(39)32-14-17-36-15-6-7-16-36)19-25-24-18-22(10-11-26(24)35-30(25)38)28-12-13-33-37(28)23-8-4-3-5-9-23/h3-5,8-13,18-19,34H,6-7,14-17H2,1-2H3,(H,32,39)(H,35,38)/b25-19-. The summed E-state index contributed by atoms with van der Waals surface area (Å²) in [5, 5.41) is 10.6. The van der Waals surface area contributed by atoms with Gasteiger partial charge >= 0.3 is 0 Å². The van der Waals surface area contributed by atoms with Crippen molar-refractivity contribution in [3.05, 3.63) is 88.9 Å². The molecule has 4 aromatic rings. The van der Waals surface area contributed by atoms with Gasteiger partial charge in [-0.2, -0.15) is 5.10 Å². The molecule has 2 aromatic carbocycles. The van der Waals surface area contributed by atoms with Crippen molar-refractivity contribution in [1.82, 2.24) is 25.0 Å². The number of carbonyl (C=O) groups excluding carboxylic acids is 2. The van der Waals surface area contributed by atoms with Crippen LogP contribution in [0.5, 0.6) is 0 Å². The number of benzene rings is 2. The molecule has 2 amide bonds. The minimum Gasteiger partial charge on any atom is -0.358 e. The van der Waals surface area contributed by atoms with Gasteiger partial charge in [-0.25, -0.2) is 4.68 Å². The maximum absolute atomic E-state index is 13.0. The predicted octanol–water partition coefficient (Wildman–Crippen LogP) is 4.80. The quantitative estimate of drug-likeness (QED) is 0.305. The zero-order valence-corrected chi connectivity index (χ0v) is 22.3. The van der Waals surface area contributed by atoms with Crippen molar-refractivity contribution < 1.29 is 9.59 Å². The molecule has 4 heterocycles. The van der Waals surface area contributed by atoms with Crippen molar-refractivity contribution in [1.29, 1.82) is 0 Å². The molecule has 8 nitrogen and oxygen atoms in total. The van der Waals surface area contributed by atoms with Crippen LogP contribution in [0.1, 0.15) is 45.7 Å². The van der Waals surface area contributed by atoms with Crippen molar-refractivity contribution in [2.24, 2.45) is 0 Å². The minimum absolute atomic E-state index is 0.0853. The molecule has 0 radical (unpaired) electrons. The Balaban J connectivity index is 1.28. The van der Waals surface area contributed by atoms with Crippen LogP contribution >= 0.6 is 0 Å². The fourth-order valence-corrected chi connectivity index (χ4v) is 5.61. The number of rotatable bonds is 7. The first kappa shape index (κ1) is 24.9. The first-order valence-electron chi connectivity index (χ1n) is 13.5. The summed E-state index contributed by atoms with van der Waals surface area (Å²) in [6, 6.07) is 17.9. The Kier molecular flexibility index (Phi) is 6.62. The van der Waals surface area contributed by atoms with Gasteiger partial charge in [-0.15, -0.1) is 0 Å². The zero-order chi connectivity index (χ0) is 26.9. The van der Waals surface area contributed by atoms with Crippen molar-refractivity contribution in [3.63, 3.8) is 0 Å². The lowest BCUT2D eigenvalue weighted by Gasteiger charge is -2.14. The third kappa shape index (κ3) is 4.79. The molecule has 2 aromatic heterocycles. The van der Waals surface area contributed by atoms with Crippen LogP contribution in [0.15, 0.2) is 60.8 Å². The Hall–Kier alpha value is -4.43. The van der Waals surface area contributed by atoms with Gasteiger partial charge in [-0.3, -0.25) is 9.59 Å². The summed E-state index contributed by atoms with van der Waals surface area (Å²) in [6.07, 6.45) is 6.09. The number of para-hydroxylation sites is 1. The van der Waals surface area contributed by atoms with Crippen LogP contribution < -0.4 is 10.6 Å². The number of anilines is 1. The molecule has 39 heavy (non-hydrogen) atoms. The monoisotopic (exact) mass is 520 g/mol. The molecule has 0 atom stereocenters. The van der Waals surface area contributed by atoms with E-state index in [0.717, 1.165) is 64.8 Å². The molecule has 0 unspecified atom stereocenters. The van der Waals surface area contributed by atoms with E-state index in [2.05, 4.69) is 25.6 Å². The second kappa shape index (κ2) is 10.4. The van der Waals surface area contributed by atoms with E-state index in [1.54, 1.807) is 6.20 Å². The summed E-state index contributed by atoms with van der Waals surface area (Å²) in [5.74, 6) is -0.250. The Morgan fingerprint density at radius 3 is 2.67 bits per heavy atom. The number of amides is 2. The summed E-state index contributed by atoms with van der Waals surface area (Å²) in [7, 11) is 0. The van der Waals surface area contributed by atoms with Crippen molar-refractivity contribution in [2.45, 2.75) is 26.7 Å². The van der Waals surface area contributed by atoms with Gasteiger partial charge in [0.2, 0.25) is 0 Å². The molecule has 0 spiro atoms. The van der Waals surface area contributed by atoms with Crippen LogP contribution in [0.25, 0.3) is 28.6 Å². The van der Waals surface area contributed by atoms with Crippen LogP contribution in [0.2, 0.25) is 0 Å². The number of hydrogen-bond donors (Lipinski definition) is 3. The van der Waals surface area contributed by atoms with Crippen LogP contribution in [0, 0.1) is 13.8 Å². The van der Waals surface area contributed by atoms with Gasteiger partial charge in [0.25, 0.3) is 11.8 Å². The van der Waals surface area contributed by atoms with E-state index < -0.39 is 0 Å². The van der Waals surface area contributed by atoms with Crippen LogP contribution in [-0.4, -0.2) is 57.7 Å². The van der Waals surface area contributed by atoms with E-state index in [1.807, 2.05) is 79.2 Å². The smallest absolute Gasteiger partial charge is 0.256 e. The van der Waals surface area contributed by atoms with E-state index in [1.165, 1.54) is 12.8 Å². The average molecular weight is 521 g/mol. The second-order valence-electron chi connectivity index (χ2n) is 10.2. The summed E-state index contributed by atoms with van der Waals surface area (Å²) in [5.41, 5.74) is 8.02. The van der Waals surface area contributed by atoms with E-state index in [-0.39, 0.29) is 11.8 Å². The largest absolute Gasteiger partial charge is 0.358 e. The van der Waals surface area contributed by atoms with Crippen LogP contribution in [-0.2, 0) is 4.79 Å². The summed E-state index contributed by atoms with van der Waals surface area (Å²) >= 11 is 0. The number of aryl methyl sites for hydroxylation is 1. The number of nitrogens with zero attached hydrogens (tertiary/aromatic N) is 3. The van der Waals surface area contributed by atoms with Gasteiger partial charge < -0.3 is 20.5 Å². The Labute approximate surface area is 227 Å². The van der Waals surface area contributed by atoms with Gasteiger partial charge in [-0.1, -0.05) is 24.3 Å². The highest BCUT2D eigenvalue weighted by Gasteiger charge is 2.27. The molecule has 3 N–H and O–H groups in total. The van der Waals surface area contributed by atoms with E-state index in [9.17, 15) is 9.59 Å². The van der Waals surface area contributed by atoms with E-state index in [4.69, 9.17) is 0 Å². The molecule has 198 valence electrons. The van der Waals surface area contributed by atoms with Gasteiger partial charge in [0.15, 0.2) is 0 Å². The predicted molar refractivity (Wildman–Crippen MR) is 154 cm³/mol. The summed E-state index contributed by atoms with van der Waals surface area (Å²) in [4.78, 5) is 31.8. The van der Waals surface area contributed by atoms with Gasteiger partial charge in [-0.05, 0) is 81.7 Å². The number of aromatic amines is 1. The van der Waals surface area contributed by atoms with Gasteiger partial charge in [0.05, 0.1) is 28.7 Å². The molecule has 1 saturated heterocycles. The number of H-pyrrole nitrogens is 1. The Morgan fingerprint density at radius 1 is 1.08 bits per heavy atom. The lowest BCUT2D eigenvalue weighted by Crippen LogP contribution is -2.33. The highest BCUT2D eigenvalue weighted by atomic mass is 16.2. The minimum atomic E-state index is -0.165. The molecular weight excluding hydrogens is 488 g/mol. The van der Waals surface area contributed by atoms with Gasteiger partial charge in [0.1, 0.15) is 0 Å². The Bertz CT molecular complexity index is 1570. The number of fused-ring (bicyclic) bond motifs is 1. The fourth-order valence-electron chi connectivity index (χ4n) is 5.61. The summed E-state index contributed by atoms with van der Waals surface area (Å²) < 4.78 is 1.89. The number of carbonyl (C=O) groups is 2. The van der Waals surface area contributed by atoms with E-state index >= 15 is 0 Å². The molecular formula is C31H32N6O2. The number of nitrogens with one attached hydrogen (secondary N) is 3. The third-order valence-corrected chi connectivity index (χ3v) is 7.65. The molecule has 0 bridgehead atoms. The maximum Gasteiger partial charge on any atom is 0.256 e. The first-order chi connectivity index (χ1) is 19.0. The fraction of sp³-hybridized carbons (Fsp3) is 0.258. The lowest BCUT2D eigenvalue weighted by atomic mass is 10.0. The molecule has 1 fully saturated rings. The molecule has 2 aliphatic rings. The van der Waals surface area contributed by atoms with Crippen LogP contribution in [0.3, 0.4) is 0 Å². The van der Waals surface area contributed by atoms with Crippen LogP contribution in [0.4, 0.5) is 5.69 Å². The molecule has 0 saturated carbocycles. The molecule has 8 heteroatoms. The highest BCUT2D eigenvalue weighted by molar-refractivity contribution is 6.35. The van der Waals surface area contributed by atoms with Crippen molar-refractivity contribution in [3.8, 4) is 16.9 Å². The van der Waals surface area contributed by atoms with Gasteiger partial charge in [0, 0.05) is 41.3 Å². The highest BCUT2D eigenvalue weighted by Crippen LogP contribution is 2.37. The molecule has 2 aliphatic heterocycles. The van der Waals surface area contributed by atoms with Crippen molar-refractivity contribution in [2.75, 3.05) is 31.5 Å². The van der Waals surface area contributed by atoms with E-state index in [0.29, 0.717) is 17.7 Å². The van der Waals surface area contributed by atoms with Crippen molar-refractivity contribution >= 4 is 29.2 Å². The normalized spacial score (nSPS) is 16.1. The maximum atomic E-state index is 13.0. The SMILES string of the molecule is Cc1[nH]c(/C=C2\C(=O)Nc3ccc(-c4ccnn4-c4ccccc4)cc32)c(C)c1C(=O)NCCN1CCCC1. The Morgan fingerprint density at radius 2 is 1.87 bits per heavy atom. The topological polar surface area (TPSA) is 95.0 Å². The molecule has 0 aliphatic carbocycles. The number of likely N-dealkylation sites (tertiary alicyclic amines) is 1. The zero-order valence-electron chi connectivity index (χ0n) is 22.3. The second-order valence-corrected chi connectivity index (χ2v) is 10.2. The third-order valence-electron chi connectivity index (χ3n) is 7.65. The lowest BCUT2D eigenvalue weighted by molar-refractivity contribution is -0.110. The average Bonchev–Trinajstić information content (AvgIpc) is 3.73. The number of aromatic nitrogens is 3. The molecule has 6 rings (SSSR count). The summed E-state index contributed by atoms with van der Waals surface area (Å²) in [6.45, 7) is 7.53.